The number of aryl methyl sites for hydroxylation is 1. The van der Waals surface area contributed by atoms with E-state index < -0.39 is 5.91 Å². The number of carbonyl (C=O) groups excluding carboxylic acids is 2. The van der Waals surface area contributed by atoms with Crippen LogP contribution >= 0.6 is 11.3 Å². The number of rotatable bonds is 6. The fourth-order valence-corrected chi connectivity index (χ4v) is 4.25. The first-order valence-electron chi connectivity index (χ1n) is 9.76. The highest BCUT2D eigenvalue weighted by Gasteiger charge is 2.41. The van der Waals surface area contributed by atoms with E-state index in [0.717, 1.165) is 16.1 Å². The van der Waals surface area contributed by atoms with Gasteiger partial charge in [0, 0.05) is 24.7 Å². The van der Waals surface area contributed by atoms with Crippen LogP contribution in [0.25, 0.3) is 5.57 Å². The summed E-state index contributed by atoms with van der Waals surface area (Å²) in [6, 6.07) is 16.7. The third-order valence-electron chi connectivity index (χ3n) is 5.09. The number of nitrogens with one attached hydrogen (secondary N) is 1. The van der Waals surface area contributed by atoms with Crippen molar-refractivity contribution in [3.63, 3.8) is 0 Å². The average molecular weight is 434 g/mol. The summed E-state index contributed by atoms with van der Waals surface area (Å²) in [7, 11) is 5.45. The molecule has 0 bridgehead atoms. The van der Waals surface area contributed by atoms with Gasteiger partial charge < -0.3 is 15.0 Å². The Hall–Kier alpha value is -3.58. The van der Waals surface area contributed by atoms with Gasteiger partial charge in [-0.3, -0.25) is 9.59 Å². The van der Waals surface area contributed by atoms with Gasteiger partial charge in [-0.1, -0.05) is 12.1 Å². The molecule has 0 unspecified atom stereocenters. The molecule has 0 atom stereocenters. The maximum atomic E-state index is 13.5. The molecule has 0 saturated carbocycles. The van der Waals surface area contributed by atoms with Gasteiger partial charge in [0.15, 0.2) is 0 Å². The molecule has 158 valence electrons. The van der Waals surface area contributed by atoms with Crippen LogP contribution in [0.2, 0.25) is 0 Å². The van der Waals surface area contributed by atoms with E-state index in [1.54, 1.807) is 19.2 Å². The molecule has 0 fully saturated rings. The molecule has 0 radical (unpaired) electrons. The van der Waals surface area contributed by atoms with Crippen LogP contribution < -0.4 is 19.9 Å². The molecule has 1 aliphatic rings. The van der Waals surface area contributed by atoms with E-state index >= 15 is 0 Å². The summed E-state index contributed by atoms with van der Waals surface area (Å²) in [5.41, 5.74) is 3.76. The van der Waals surface area contributed by atoms with Crippen molar-refractivity contribution in [2.75, 3.05) is 36.3 Å². The predicted octanol–water partition coefficient (Wildman–Crippen LogP) is 4.53. The van der Waals surface area contributed by atoms with Crippen LogP contribution in [0.5, 0.6) is 5.75 Å². The monoisotopic (exact) mass is 433 g/mol. The van der Waals surface area contributed by atoms with Gasteiger partial charge in [-0.25, -0.2) is 4.90 Å². The fraction of sp³-hybridized carbons (Fsp3) is 0.167. The van der Waals surface area contributed by atoms with E-state index in [1.807, 2.05) is 73.8 Å². The molecule has 0 saturated heterocycles. The first-order chi connectivity index (χ1) is 14.9. The number of ether oxygens (including phenoxy) is 1. The van der Waals surface area contributed by atoms with Gasteiger partial charge in [0.2, 0.25) is 0 Å². The number of amides is 2. The van der Waals surface area contributed by atoms with Crippen molar-refractivity contribution < 1.29 is 14.3 Å². The van der Waals surface area contributed by atoms with Crippen molar-refractivity contribution in [3.05, 3.63) is 76.1 Å². The Morgan fingerprint density at radius 2 is 1.74 bits per heavy atom. The van der Waals surface area contributed by atoms with Crippen LogP contribution in [0.4, 0.5) is 17.1 Å². The highest BCUT2D eigenvalue weighted by Crippen LogP contribution is 2.37. The lowest BCUT2D eigenvalue weighted by Crippen LogP contribution is -2.32. The molecule has 1 N–H and O–H groups in total. The largest absolute Gasteiger partial charge is 0.495 e. The summed E-state index contributed by atoms with van der Waals surface area (Å²) in [5, 5.41) is 5.08. The van der Waals surface area contributed by atoms with Crippen LogP contribution in [-0.4, -0.2) is 33.0 Å². The topological polar surface area (TPSA) is 61.9 Å². The summed E-state index contributed by atoms with van der Waals surface area (Å²) in [5.74, 6) is -0.147. The first kappa shape index (κ1) is 20.7. The molecule has 4 rings (SSSR count). The second kappa shape index (κ2) is 8.28. The maximum absolute atomic E-state index is 13.5. The summed E-state index contributed by atoms with van der Waals surface area (Å²) in [6.45, 7) is 1.96. The van der Waals surface area contributed by atoms with E-state index in [4.69, 9.17) is 4.74 Å². The standard InChI is InChI=1S/C24H23N3O3S/c1-15-7-12-19(30-4)18(14-15)25-22-21(20-6-5-13-31-20)23(28)27(24(22)29)17-10-8-16(9-11-17)26(2)3/h5-14,25H,1-4H3. The lowest BCUT2D eigenvalue weighted by atomic mass is 10.1. The minimum atomic E-state index is -0.394. The molecule has 1 aromatic heterocycles. The van der Waals surface area contributed by atoms with E-state index in [2.05, 4.69) is 5.32 Å². The highest BCUT2D eigenvalue weighted by atomic mass is 32.1. The molecule has 3 aromatic rings. The lowest BCUT2D eigenvalue weighted by Gasteiger charge is -2.18. The predicted molar refractivity (Wildman–Crippen MR) is 126 cm³/mol. The normalized spacial score (nSPS) is 13.7. The number of imide groups is 1. The molecule has 6 nitrogen and oxygen atoms in total. The Morgan fingerprint density at radius 3 is 2.35 bits per heavy atom. The molecule has 7 heteroatoms. The molecular formula is C24H23N3O3S. The number of hydrogen-bond donors (Lipinski definition) is 1. The van der Waals surface area contributed by atoms with Gasteiger partial charge in [0.1, 0.15) is 11.4 Å². The number of carbonyl (C=O) groups is 2. The fourth-order valence-electron chi connectivity index (χ4n) is 3.48. The van der Waals surface area contributed by atoms with Crippen LogP contribution in [0.3, 0.4) is 0 Å². The third-order valence-corrected chi connectivity index (χ3v) is 5.98. The van der Waals surface area contributed by atoms with Crippen LogP contribution in [-0.2, 0) is 9.59 Å². The SMILES string of the molecule is COc1ccc(C)cc1NC1=C(c2cccs2)C(=O)N(c2ccc(N(C)C)cc2)C1=O. The van der Waals surface area contributed by atoms with Crippen molar-refractivity contribution in [3.8, 4) is 5.75 Å². The van der Waals surface area contributed by atoms with Crippen molar-refractivity contribution >= 4 is 45.8 Å². The molecule has 2 amide bonds. The zero-order valence-corrected chi connectivity index (χ0v) is 18.6. The number of thiophene rings is 1. The van der Waals surface area contributed by atoms with E-state index in [1.165, 1.54) is 16.2 Å². The quantitative estimate of drug-likeness (QED) is 0.579. The maximum Gasteiger partial charge on any atom is 0.282 e. The highest BCUT2D eigenvalue weighted by molar-refractivity contribution is 7.11. The number of methoxy groups -OCH3 is 1. The van der Waals surface area contributed by atoms with Gasteiger partial charge in [-0.15, -0.1) is 11.3 Å². The van der Waals surface area contributed by atoms with Crippen LogP contribution in [0.15, 0.2) is 65.7 Å². The Bertz CT molecular complexity index is 1170. The molecular weight excluding hydrogens is 410 g/mol. The third kappa shape index (κ3) is 3.80. The van der Waals surface area contributed by atoms with E-state index in [0.29, 0.717) is 22.7 Å². The molecule has 1 aliphatic heterocycles. The second-order valence-electron chi connectivity index (χ2n) is 7.41. The van der Waals surface area contributed by atoms with Gasteiger partial charge in [0.05, 0.1) is 24.1 Å². The Balaban J connectivity index is 1.78. The van der Waals surface area contributed by atoms with E-state index in [-0.39, 0.29) is 11.6 Å². The molecule has 2 heterocycles. The molecule has 2 aromatic carbocycles. The summed E-state index contributed by atoms with van der Waals surface area (Å²) < 4.78 is 5.45. The van der Waals surface area contributed by atoms with Crippen molar-refractivity contribution in [1.29, 1.82) is 0 Å². The van der Waals surface area contributed by atoms with Crippen LogP contribution in [0, 0.1) is 6.92 Å². The zero-order valence-electron chi connectivity index (χ0n) is 17.8. The second-order valence-corrected chi connectivity index (χ2v) is 8.36. The molecule has 31 heavy (non-hydrogen) atoms. The van der Waals surface area contributed by atoms with Gasteiger partial charge in [0.25, 0.3) is 11.8 Å². The van der Waals surface area contributed by atoms with Crippen molar-refractivity contribution in [2.24, 2.45) is 0 Å². The minimum Gasteiger partial charge on any atom is -0.495 e. The number of anilines is 3. The molecule has 0 aliphatic carbocycles. The average Bonchev–Trinajstić information content (AvgIpc) is 3.35. The zero-order chi connectivity index (χ0) is 22.1. The van der Waals surface area contributed by atoms with Crippen molar-refractivity contribution in [1.82, 2.24) is 0 Å². The summed E-state index contributed by atoms with van der Waals surface area (Å²) in [6.07, 6.45) is 0. The lowest BCUT2D eigenvalue weighted by molar-refractivity contribution is -0.120. The number of benzene rings is 2. The van der Waals surface area contributed by atoms with Crippen molar-refractivity contribution in [2.45, 2.75) is 6.92 Å². The first-order valence-corrected chi connectivity index (χ1v) is 10.6. The summed E-state index contributed by atoms with van der Waals surface area (Å²) >= 11 is 1.42. The van der Waals surface area contributed by atoms with Gasteiger partial charge >= 0.3 is 0 Å². The number of hydrogen-bond acceptors (Lipinski definition) is 6. The minimum absolute atomic E-state index is 0.244. The smallest absolute Gasteiger partial charge is 0.282 e. The Kier molecular flexibility index (Phi) is 5.52. The van der Waals surface area contributed by atoms with E-state index in [9.17, 15) is 9.59 Å². The summed E-state index contributed by atoms with van der Waals surface area (Å²) in [4.78, 5) is 30.8. The Morgan fingerprint density at radius 1 is 1.00 bits per heavy atom. The van der Waals surface area contributed by atoms with Gasteiger partial charge in [-0.2, -0.15) is 0 Å². The number of nitrogens with zero attached hydrogens (tertiary/aromatic N) is 2. The van der Waals surface area contributed by atoms with Crippen LogP contribution in [0.1, 0.15) is 10.4 Å². The Labute approximate surface area is 185 Å². The molecule has 0 spiro atoms. The van der Waals surface area contributed by atoms with Gasteiger partial charge in [-0.05, 0) is 60.3 Å².